The molecule has 2 aromatic carbocycles. The number of carbonyl (C=O) groups excluding carboxylic acids is 1. The van der Waals surface area contributed by atoms with Gasteiger partial charge in [-0.15, -0.1) is 0 Å². The van der Waals surface area contributed by atoms with Crippen LogP contribution in [0.5, 0.6) is 0 Å². The molecule has 0 saturated heterocycles. The number of benzene rings is 2. The van der Waals surface area contributed by atoms with Gasteiger partial charge in [-0.3, -0.25) is 4.79 Å². The summed E-state index contributed by atoms with van der Waals surface area (Å²) in [5.74, 6) is -0.807. The Kier molecular flexibility index (Phi) is 4.86. The number of nitrogens with zero attached hydrogens (tertiary/aromatic N) is 2. The minimum absolute atomic E-state index is 0.0407. The Balaban J connectivity index is 1.56. The molecule has 1 aliphatic carbocycles. The minimum atomic E-state index is -4.44. The summed E-state index contributed by atoms with van der Waals surface area (Å²) in [5.41, 5.74) is 2.24. The van der Waals surface area contributed by atoms with Crippen LogP contribution in [0, 0.1) is 5.82 Å². The predicted molar refractivity (Wildman–Crippen MR) is 98.2 cm³/mol. The molecule has 4 nitrogen and oxygen atoms in total. The smallest absolute Gasteiger partial charge is 0.347 e. The number of aromatic nitrogens is 2. The average Bonchev–Trinajstić information content (AvgIpc) is 3.29. The summed E-state index contributed by atoms with van der Waals surface area (Å²) >= 11 is 0. The summed E-state index contributed by atoms with van der Waals surface area (Å²) in [4.78, 5) is 12.7. The maximum Gasteiger partial charge on any atom is 0.416 e. The lowest BCUT2D eigenvalue weighted by molar-refractivity contribution is -0.137. The minimum Gasteiger partial charge on any atom is -0.347 e. The quantitative estimate of drug-likeness (QED) is 0.655. The maximum absolute atomic E-state index is 13.2. The van der Waals surface area contributed by atoms with Crippen LogP contribution >= 0.6 is 0 Å². The fourth-order valence-corrected chi connectivity index (χ4v) is 3.54. The first-order chi connectivity index (χ1) is 13.8. The zero-order valence-electron chi connectivity index (χ0n) is 15.3. The first kappa shape index (κ1) is 19.2. The van der Waals surface area contributed by atoms with Gasteiger partial charge < -0.3 is 5.32 Å². The van der Waals surface area contributed by atoms with E-state index in [2.05, 4.69) is 10.4 Å². The van der Waals surface area contributed by atoms with Crippen LogP contribution in [0.4, 0.5) is 17.6 Å². The third kappa shape index (κ3) is 3.87. The maximum atomic E-state index is 13.2. The molecule has 0 atom stereocenters. The van der Waals surface area contributed by atoms with Crippen molar-refractivity contribution in [2.75, 3.05) is 0 Å². The molecule has 0 radical (unpaired) electrons. The fraction of sp³-hybridized carbons (Fsp3) is 0.238. The number of amides is 1. The van der Waals surface area contributed by atoms with Crippen molar-refractivity contribution in [1.82, 2.24) is 15.1 Å². The molecule has 0 spiro atoms. The second kappa shape index (κ2) is 7.35. The molecule has 1 N–H and O–H groups in total. The first-order valence-corrected chi connectivity index (χ1v) is 9.14. The lowest BCUT2D eigenvalue weighted by Gasteiger charge is -2.09. The van der Waals surface area contributed by atoms with Gasteiger partial charge in [-0.1, -0.05) is 12.1 Å². The third-order valence-electron chi connectivity index (χ3n) is 4.92. The monoisotopic (exact) mass is 403 g/mol. The van der Waals surface area contributed by atoms with E-state index in [1.54, 1.807) is 16.8 Å². The lowest BCUT2D eigenvalue weighted by Crippen LogP contribution is -2.24. The van der Waals surface area contributed by atoms with Crippen molar-refractivity contribution >= 4 is 5.91 Å². The van der Waals surface area contributed by atoms with Crippen LogP contribution < -0.4 is 5.32 Å². The van der Waals surface area contributed by atoms with Crippen LogP contribution in [0.25, 0.3) is 5.69 Å². The number of rotatable bonds is 4. The van der Waals surface area contributed by atoms with E-state index in [1.807, 2.05) is 0 Å². The molecule has 0 bridgehead atoms. The van der Waals surface area contributed by atoms with Gasteiger partial charge in [-0.2, -0.15) is 18.3 Å². The molecule has 0 aliphatic heterocycles. The van der Waals surface area contributed by atoms with Crippen molar-refractivity contribution in [3.63, 3.8) is 0 Å². The molecule has 0 saturated carbocycles. The Labute approximate surface area is 164 Å². The van der Waals surface area contributed by atoms with E-state index in [4.69, 9.17) is 0 Å². The fourth-order valence-electron chi connectivity index (χ4n) is 3.54. The number of halogens is 4. The molecule has 3 aromatic rings. The molecule has 1 aliphatic rings. The van der Waals surface area contributed by atoms with Gasteiger partial charge in [0.05, 0.1) is 11.3 Å². The summed E-state index contributed by atoms with van der Waals surface area (Å²) in [6.45, 7) is -0.0407. The largest absolute Gasteiger partial charge is 0.416 e. The number of hydrogen-bond acceptors (Lipinski definition) is 2. The highest BCUT2D eigenvalue weighted by Crippen LogP contribution is 2.30. The van der Waals surface area contributed by atoms with Crippen molar-refractivity contribution < 1.29 is 22.4 Å². The predicted octanol–water partition coefficient (Wildman–Crippen LogP) is 4.45. The zero-order valence-corrected chi connectivity index (χ0v) is 15.3. The standard InChI is InChI=1S/C21H17F4N3O/c22-15-7-9-16(10-8-15)28-18-6-2-5-17(18)19(27-28)20(29)26-12-13-3-1-4-14(11-13)21(23,24)25/h1,3-4,7-11H,2,5-6,12H2,(H,26,29). The van der Waals surface area contributed by atoms with Crippen LogP contribution in [-0.2, 0) is 25.6 Å². The van der Waals surface area contributed by atoms with E-state index in [9.17, 15) is 22.4 Å². The molecule has 150 valence electrons. The van der Waals surface area contributed by atoms with Gasteiger partial charge in [0.1, 0.15) is 5.82 Å². The van der Waals surface area contributed by atoms with Crippen LogP contribution in [0.2, 0.25) is 0 Å². The first-order valence-electron chi connectivity index (χ1n) is 9.14. The van der Waals surface area contributed by atoms with Gasteiger partial charge >= 0.3 is 6.18 Å². The third-order valence-corrected chi connectivity index (χ3v) is 4.92. The molecular weight excluding hydrogens is 386 g/mol. The Hall–Kier alpha value is -3.16. The van der Waals surface area contributed by atoms with Crippen LogP contribution in [0.15, 0.2) is 48.5 Å². The molecule has 29 heavy (non-hydrogen) atoms. The van der Waals surface area contributed by atoms with E-state index >= 15 is 0 Å². The van der Waals surface area contributed by atoms with Crippen molar-refractivity contribution in [3.8, 4) is 5.69 Å². The number of hydrogen-bond donors (Lipinski definition) is 1. The van der Waals surface area contributed by atoms with Crippen LogP contribution in [0.1, 0.15) is 39.3 Å². The molecule has 1 heterocycles. The SMILES string of the molecule is O=C(NCc1cccc(C(F)(F)F)c1)c1nn(-c2ccc(F)cc2)c2c1CCC2. The molecule has 8 heteroatoms. The van der Waals surface area contributed by atoms with E-state index in [-0.39, 0.29) is 18.1 Å². The van der Waals surface area contributed by atoms with Gasteiger partial charge in [-0.05, 0) is 61.2 Å². The van der Waals surface area contributed by atoms with E-state index in [1.165, 1.54) is 24.3 Å². The van der Waals surface area contributed by atoms with Gasteiger partial charge in [0, 0.05) is 17.8 Å². The van der Waals surface area contributed by atoms with E-state index in [0.29, 0.717) is 17.7 Å². The summed E-state index contributed by atoms with van der Waals surface area (Å²) < 4.78 is 53.4. The topological polar surface area (TPSA) is 46.9 Å². The zero-order chi connectivity index (χ0) is 20.6. The Morgan fingerprint density at radius 2 is 1.86 bits per heavy atom. The van der Waals surface area contributed by atoms with Crippen LogP contribution in [-0.4, -0.2) is 15.7 Å². The van der Waals surface area contributed by atoms with Crippen molar-refractivity contribution in [2.45, 2.75) is 32.0 Å². The highest BCUT2D eigenvalue weighted by molar-refractivity contribution is 5.94. The number of fused-ring (bicyclic) bond motifs is 1. The highest BCUT2D eigenvalue weighted by Gasteiger charge is 2.30. The van der Waals surface area contributed by atoms with Crippen LogP contribution in [0.3, 0.4) is 0 Å². The van der Waals surface area contributed by atoms with Gasteiger partial charge in [0.15, 0.2) is 5.69 Å². The normalized spacial score (nSPS) is 13.4. The Morgan fingerprint density at radius 3 is 2.59 bits per heavy atom. The van der Waals surface area contributed by atoms with Gasteiger partial charge in [0.25, 0.3) is 5.91 Å². The second-order valence-corrected chi connectivity index (χ2v) is 6.90. The molecule has 4 rings (SSSR count). The van der Waals surface area contributed by atoms with Crippen molar-refractivity contribution in [1.29, 1.82) is 0 Å². The molecule has 0 unspecified atom stereocenters. The van der Waals surface area contributed by atoms with Crippen molar-refractivity contribution in [2.24, 2.45) is 0 Å². The molecule has 1 amide bonds. The lowest BCUT2D eigenvalue weighted by atomic mass is 10.1. The van der Waals surface area contributed by atoms with Gasteiger partial charge in [0.2, 0.25) is 0 Å². The van der Waals surface area contributed by atoms with E-state index < -0.39 is 17.6 Å². The highest BCUT2D eigenvalue weighted by atomic mass is 19.4. The average molecular weight is 403 g/mol. The second-order valence-electron chi connectivity index (χ2n) is 6.90. The molecule has 0 fully saturated rings. The summed E-state index contributed by atoms with van der Waals surface area (Å²) in [5, 5.41) is 7.06. The Morgan fingerprint density at radius 1 is 1.10 bits per heavy atom. The Bertz CT molecular complexity index is 1050. The van der Waals surface area contributed by atoms with Gasteiger partial charge in [-0.25, -0.2) is 9.07 Å². The summed E-state index contributed by atoms with van der Waals surface area (Å²) in [6, 6.07) is 10.7. The molecular formula is C21H17F4N3O. The van der Waals surface area contributed by atoms with E-state index in [0.717, 1.165) is 36.2 Å². The number of nitrogens with one attached hydrogen (secondary N) is 1. The van der Waals surface area contributed by atoms with Crippen molar-refractivity contribution in [3.05, 3.63) is 82.4 Å². The summed E-state index contributed by atoms with van der Waals surface area (Å²) in [7, 11) is 0. The number of alkyl halides is 3. The molecule has 1 aromatic heterocycles. The summed E-state index contributed by atoms with van der Waals surface area (Å²) in [6.07, 6.45) is -2.11. The number of carbonyl (C=O) groups is 1.